The summed E-state index contributed by atoms with van der Waals surface area (Å²) in [6, 6.07) is 14.0. The van der Waals surface area contributed by atoms with E-state index in [0.29, 0.717) is 16.1 Å². The van der Waals surface area contributed by atoms with Crippen LogP contribution in [0, 0.1) is 13.8 Å². The van der Waals surface area contributed by atoms with Gasteiger partial charge in [0.25, 0.3) is 17.7 Å². The molecular formula is C25H26ClN5O4. The van der Waals surface area contributed by atoms with Crippen LogP contribution in [0.5, 0.6) is 0 Å². The minimum absolute atomic E-state index is 0.156. The highest BCUT2D eigenvalue weighted by Crippen LogP contribution is 2.33. The number of nitrogens with zero attached hydrogens (tertiary/aromatic N) is 3. The van der Waals surface area contributed by atoms with Crippen molar-refractivity contribution in [3.05, 3.63) is 76.0 Å². The van der Waals surface area contributed by atoms with Crippen LogP contribution >= 0.6 is 11.6 Å². The van der Waals surface area contributed by atoms with Crippen molar-refractivity contribution in [2.75, 3.05) is 26.2 Å². The van der Waals surface area contributed by atoms with Gasteiger partial charge in [0, 0.05) is 37.3 Å². The zero-order chi connectivity index (χ0) is 25.1. The van der Waals surface area contributed by atoms with Crippen molar-refractivity contribution in [1.29, 1.82) is 0 Å². The Morgan fingerprint density at radius 1 is 1.06 bits per heavy atom. The molecule has 0 aliphatic carbocycles. The van der Waals surface area contributed by atoms with Crippen LogP contribution in [0.1, 0.15) is 32.0 Å². The molecule has 1 saturated heterocycles. The van der Waals surface area contributed by atoms with E-state index in [1.54, 1.807) is 43.3 Å². The second-order valence-electron chi connectivity index (χ2n) is 8.26. The van der Waals surface area contributed by atoms with E-state index >= 15 is 0 Å². The van der Waals surface area contributed by atoms with Gasteiger partial charge in [-0.1, -0.05) is 52.7 Å². The van der Waals surface area contributed by atoms with E-state index in [9.17, 15) is 14.4 Å². The fraction of sp³-hybridized carbons (Fsp3) is 0.280. The van der Waals surface area contributed by atoms with Crippen LogP contribution < -0.4 is 11.1 Å². The average molecular weight is 496 g/mol. The highest BCUT2D eigenvalue weighted by molar-refractivity contribution is 6.33. The lowest BCUT2D eigenvalue weighted by Gasteiger charge is -2.29. The smallest absolute Gasteiger partial charge is 0.263 e. The third-order valence-corrected chi connectivity index (χ3v) is 6.21. The number of halogens is 1. The summed E-state index contributed by atoms with van der Waals surface area (Å²) >= 11 is 6.35. The number of hydrogen-bond acceptors (Lipinski definition) is 6. The van der Waals surface area contributed by atoms with E-state index in [1.165, 1.54) is 9.80 Å². The molecule has 3 N–H and O–H groups in total. The van der Waals surface area contributed by atoms with Gasteiger partial charge in [-0.25, -0.2) is 0 Å². The van der Waals surface area contributed by atoms with Crippen LogP contribution in [0.4, 0.5) is 0 Å². The maximum absolute atomic E-state index is 13.8. The lowest BCUT2D eigenvalue weighted by molar-refractivity contribution is -0.128. The Morgan fingerprint density at radius 2 is 1.71 bits per heavy atom. The van der Waals surface area contributed by atoms with Crippen molar-refractivity contribution in [3.63, 3.8) is 0 Å². The molecule has 0 saturated carbocycles. The van der Waals surface area contributed by atoms with Gasteiger partial charge >= 0.3 is 0 Å². The molecule has 1 aliphatic rings. The van der Waals surface area contributed by atoms with Crippen LogP contribution in [0.3, 0.4) is 0 Å². The average Bonchev–Trinajstić information content (AvgIpc) is 3.46. The Labute approximate surface area is 207 Å². The van der Waals surface area contributed by atoms with Crippen molar-refractivity contribution in [3.8, 4) is 11.3 Å². The summed E-state index contributed by atoms with van der Waals surface area (Å²) in [6.45, 7) is 4.32. The lowest BCUT2D eigenvalue weighted by Crippen LogP contribution is -2.54. The van der Waals surface area contributed by atoms with Crippen LogP contribution in [-0.4, -0.2) is 65.0 Å². The van der Waals surface area contributed by atoms with Gasteiger partial charge in [0.1, 0.15) is 17.0 Å². The maximum Gasteiger partial charge on any atom is 0.263 e. The van der Waals surface area contributed by atoms with Crippen molar-refractivity contribution in [2.45, 2.75) is 20.0 Å². The molecule has 1 fully saturated rings. The SMILES string of the molecule is Cc1ccc(C(=O)N2CCN(C(=O)c3c(-c4ccccc4Cl)noc3C)C2C(=O)NCCN)cc1. The molecule has 3 aromatic rings. The van der Waals surface area contributed by atoms with Crippen molar-refractivity contribution in [1.82, 2.24) is 20.3 Å². The molecule has 0 radical (unpaired) electrons. The topological polar surface area (TPSA) is 122 Å². The molecule has 10 heteroatoms. The molecule has 9 nitrogen and oxygen atoms in total. The van der Waals surface area contributed by atoms with Gasteiger partial charge in [-0.05, 0) is 32.0 Å². The third kappa shape index (κ3) is 4.78. The highest BCUT2D eigenvalue weighted by atomic mass is 35.5. The molecule has 1 aromatic heterocycles. The van der Waals surface area contributed by atoms with Gasteiger partial charge in [-0.15, -0.1) is 0 Å². The molecule has 1 atom stereocenters. The van der Waals surface area contributed by atoms with E-state index in [4.69, 9.17) is 21.9 Å². The molecule has 4 rings (SSSR count). The lowest BCUT2D eigenvalue weighted by atomic mass is 10.0. The van der Waals surface area contributed by atoms with Crippen molar-refractivity contribution >= 4 is 29.3 Å². The van der Waals surface area contributed by atoms with Gasteiger partial charge in [0.05, 0.1) is 5.02 Å². The van der Waals surface area contributed by atoms with Crippen LogP contribution in [0.15, 0.2) is 53.1 Å². The molecule has 2 aromatic carbocycles. The highest BCUT2D eigenvalue weighted by Gasteiger charge is 2.44. The molecule has 182 valence electrons. The van der Waals surface area contributed by atoms with Gasteiger partial charge in [-0.2, -0.15) is 0 Å². The molecule has 3 amide bonds. The van der Waals surface area contributed by atoms with Gasteiger partial charge in [0.2, 0.25) is 0 Å². The van der Waals surface area contributed by atoms with Crippen LogP contribution in [0.2, 0.25) is 5.02 Å². The summed E-state index contributed by atoms with van der Waals surface area (Å²) in [5, 5.41) is 7.18. The zero-order valence-corrected chi connectivity index (χ0v) is 20.2. The molecule has 0 bridgehead atoms. The minimum Gasteiger partial charge on any atom is -0.360 e. The van der Waals surface area contributed by atoms with Crippen molar-refractivity contribution < 1.29 is 18.9 Å². The molecule has 1 aliphatic heterocycles. The fourth-order valence-electron chi connectivity index (χ4n) is 4.09. The number of nitrogens with two attached hydrogens (primary N) is 1. The number of benzene rings is 2. The minimum atomic E-state index is -1.16. The number of rotatable bonds is 6. The Morgan fingerprint density at radius 3 is 2.37 bits per heavy atom. The van der Waals surface area contributed by atoms with Crippen LogP contribution in [-0.2, 0) is 4.79 Å². The molecule has 1 unspecified atom stereocenters. The van der Waals surface area contributed by atoms with E-state index in [-0.39, 0.29) is 49.1 Å². The molecule has 2 heterocycles. The first kappa shape index (κ1) is 24.4. The molecule has 0 spiro atoms. The van der Waals surface area contributed by atoms with Crippen LogP contribution in [0.25, 0.3) is 11.3 Å². The van der Waals surface area contributed by atoms with E-state index in [2.05, 4.69) is 10.5 Å². The van der Waals surface area contributed by atoms with Gasteiger partial charge in [-0.3, -0.25) is 14.4 Å². The third-order valence-electron chi connectivity index (χ3n) is 5.88. The van der Waals surface area contributed by atoms with Gasteiger partial charge < -0.3 is 25.4 Å². The first-order valence-corrected chi connectivity index (χ1v) is 11.6. The summed E-state index contributed by atoms with van der Waals surface area (Å²) in [5.74, 6) is -1.03. The predicted molar refractivity (Wildman–Crippen MR) is 131 cm³/mol. The number of aryl methyl sites for hydroxylation is 2. The summed E-state index contributed by atoms with van der Waals surface area (Å²) in [5.41, 5.74) is 8.00. The summed E-state index contributed by atoms with van der Waals surface area (Å²) in [6.07, 6.45) is -1.16. The number of nitrogens with one attached hydrogen (secondary N) is 1. The van der Waals surface area contributed by atoms with Gasteiger partial charge in [0.15, 0.2) is 6.17 Å². The Kier molecular flexibility index (Phi) is 7.18. The monoisotopic (exact) mass is 495 g/mol. The first-order chi connectivity index (χ1) is 16.8. The second kappa shape index (κ2) is 10.3. The Bertz CT molecular complexity index is 1260. The summed E-state index contributed by atoms with van der Waals surface area (Å²) in [7, 11) is 0. The second-order valence-corrected chi connectivity index (χ2v) is 8.67. The Hall–Kier alpha value is -3.69. The largest absolute Gasteiger partial charge is 0.360 e. The Balaban J connectivity index is 1.71. The zero-order valence-electron chi connectivity index (χ0n) is 19.5. The van der Waals surface area contributed by atoms with E-state index in [1.807, 2.05) is 19.1 Å². The number of carbonyl (C=O) groups excluding carboxylic acids is 3. The summed E-state index contributed by atoms with van der Waals surface area (Å²) in [4.78, 5) is 43.1. The molecular weight excluding hydrogens is 470 g/mol. The van der Waals surface area contributed by atoms with Crippen molar-refractivity contribution in [2.24, 2.45) is 5.73 Å². The summed E-state index contributed by atoms with van der Waals surface area (Å²) < 4.78 is 5.35. The molecule has 35 heavy (non-hydrogen) atoms. The quantitative estimate of drug-likeness (QED) is 0.542. The first-order valence-electron chi connectivity index (χ1n) is 11.2. The number of carbonyl (C=O) groups is 3. The fourth-order valence-corrected chi connectivity index (χ4v) is 4.32. The normalized spacial score (nSPS) is 15.4. The van der Waals surface area contributed by atoms with E-state index < -0.39 is 18.0 Å². The number of hydrogen-bond donors (Lipinski definition) is 2. The van der Waals surface area contributed by atoms with E-state index in [0.717, 1.165) is 5.56 Å². The predicted octanol–water partition coefficient (Wildman–Crippen LogP) is 2.61. The number of aromatic nitrogens is 1. The number of amides is 3. The standard InChI is InChI=1S/C25H26ClN5O4/c1-15-7-9-17(10-8-15)24(33)30-13-14-31(23(30)22(32)28-12-11-27)25(34)20-16(2)35-29-21(20)18-5-3-4-6-19(18)26/h3-10,23H,11-14,27H2,1-2H3,(H,28,32). The maximum atomic E-state index is 13.8.